The van der Waals surface area contributed by atoms with Crippen LogP contribution < -0.4 is 4.90 Å². The van der Waals surface area contributed by atoms with E-state index in [-0.39, 0.29) is 10.8 Å². The lowest BCUT2D eigenvalue weighted by molar-refractivity contribution is 0.550. The topological polar surface area (TPSA) is 16.4 Å². The highest BCUT2D eigenvalue weighted by Gasteiger charge is 2.45. The third kappa shape index (κ3) is 4.98. The highest BCUT2D eigenvalue weighted by molar-refractivity contribution is 6.19. The third-order valence-corrected chi connectivity index (χ3v) is 14.8. The zero-order valence-corrected chi connectivity index (χ0v) is 35.1. The highest BCUT2D eigenvalue weighted by Crippen LogP contribution is 2.58. The number of hydrogen-bond acceptors (Lipinski definition) is 2. The molecular weight excluding hydrogens is 751 g/mol. The molecule has 9 aromatic carbocycles. The Kier molecular flexibility index (Phi) is 7.56. The second-order valence-electron chi connectivity index (χ2n) is 18.3. The van der Waals surface area contributed by atoms with Crippen LogP contribution in [0.5, 0.6) is 0 Å². The molecule has 13 rings (SSSR count). The van der Waals surface area contributed by atoms with Crippen molar-refractivity contribution >= 4 is 49.8 Å². The van der Waals surface area contributed by atoms with Crippen molar-refractivity contribution in [1.82, 2.24) is 0 Å². The monoisotopic (exact) mass is 795 g/mol. The van der Waals surface area contributed by atoms with Crippen LogP contribution in [0.2, 0.25) is 0 Å². The van der Waals surface area contributed by atoms with E-state index in [2.05, 4.69) is 207 Å². The maximum absolute atomic E-state index is 6.67. The van der Waals surface area contributed by atoms with Crippen molar-refractivity contribution in [2.24, 2.45) is 0 Å². The Morgan fingerprint density at radius 2 is 1.03 bits per heavy atom. The highest BCUT2D eigenvalue weighted by atomic mass is 16.3. The minimum atomic E-state index is -0.123. The van der Waals surface area contributed by atoms with Gasteiger partial charge in [-0.05, 0) is 134 Å². The van der Waals surface area contributed by atoms with Gasteiger partial charge in [0, 0.05) is 44.1 Å². The van der Waals surface area contributed by atoms with E-state index in [9.17, 15) is 0 Å². The largest absolute Gasteiger partial charge is 0.455 e. The summed E-state index contributed by atoms with van der Waals surface area (Å²) in [6, 6.07) is 70.2. The fraction of sp³-hybridized carbons (Fsp3) is 0.133. The maximum atomic E-state index is 6.67. The molecule has 0 radical (unpaired) electrons. The van der Waals surface area contributed by atoms with Gasteiger partial charge in [0.2, 0.25) is 0 Å². The molecule has 0 N–H and O–H groups in total. The summed E-state index contributed by atoms with van der Waals surface area (Å²) in [5.74, 6) is 0. The molecule has 0 bridgehead atoms. The van der Waals surface area contributed by atoms with E-state index in [1.165, 1.54) is 98.0 Å². The van der Waals surface area contributed by atoms with Crippen molar-refractivity contribution in [3.05, 3.63) is 210 Å². The number of benzene rings is 9. The third-order valence-electron chi connectivity index (χ3n) is 14.8. The van der Waals surface area contributed by atoms with Crippen LogP contribution in [0.1, 0.15) is 61.8 Å². The zero-order valence-electron chi connectivity index (χ0n) is 35.1. The van der Waals surface area contributed by atoms with Crippen molar-refractivity contribution in [2.75, 3.05) is 4.90 Å². The molecule has 0 aliphatic heterocycles. The summed E-state index contributed by atoms with van der Waals surface area (Å²) in [4.78, 5) is 2.50. The van der Waals surface area contributed by atoms with Crippen LogP contribution in [0, 0.1) is 0 Å². The molecule has 2 nitrogen and oxygen atoms in total. The van der Waals surface area contributed by atoms with E-state index >= 15 is 0 Å². The summed E-state index contributed by atoms with van der Waals surface area (Å²) >= 11 is 0. The summed E-state index contributed by atoms with van der Waals surface area (Å²) in [5, 5.41) is 4.62. The van der Waals surface area contributed by atoms with Crippen LogP contribution in [0.3, 0.4) is 0 Å². The Morgan fingerprint density at radius 3 is 1.84 bits per heavy atom. The quantitative estimate of drug-likeness (QED) is 0.173. The van der Waals surface area contributed by atoms with Gasteiger partial charge in [0.1, 0.15) is 11.2 Å². The average Bonchev–Trinajstić information content (AvgIpc) is 4.09. The fourth-order valence-electron chi connectivity index (χ4n) is 12.1. The van der Waals surface area contributed by atoms with Gasteiger partial charge in [-0.3, -0.25) is 0 Å². The summed E-state index contributed by atoms with van der Waals surface area (Å²) < 4.78 is 6.67. The van der Waals surface area contributed by atoms with Crippen molar-refractivity contribution in [3.8, 4) is 44.5 Å². The van der Waals surface area contributed by atoms with Crippen molar-refractivity contribution in [1.29, 1.82) is 0 Å². The van der Waals surface area contributed by atoms with Crippen LogP contribution in [0.25, 0.3) is 77.2 Å². The molecule has 3 aliphatic rings. The molecule has 1 saturated carbocycles. The van der Waals surface area contributed by atoms with Crippen molar-refractivity contribution < 1.29 is 4.42 Å². The average molecular weight is 796 g/mol. The Balaban J connectivity index is 1.01. The van der Waals surface area contributed by atoms with Gasteiger partial charge in [0.15, 0.2) is 0 Å². The number of anilines is 3. The SMILES string of the molecule is CC1(C)c2ccccc2-c2cccc(-c3cccc(N(c4cccc(-c5cccc6oc7c8ccccc8ccc7c56)c4)c4ccc5c(c4)C4(CCCC4)c4ccccc4-5)c3)c21. The molecule has 296 valence electrons. The Hall–Kier alpha value is -7.16. The van der Waals surface area contributed by atoms with E-state index in [1.54, 1.807) is 0 Å². The number of furan rings is 1. The molecular formula is C60H45NO. The molecule has 1 aromatic heterocycles. The molecule has 0 amide bonds. The van der Waals surface area contributed by atoms with Gasteiger partial charge in [-0.25, -0.2) is 0 Å². The number of hydrogen-bond donors (Lipinski definition) is 0. The van der Waals surface area contributed by atoms with E-state index in [1.807, 2.05) is 0 Å². The lowest BCUT2D eigenvalue weighted by Gasteiger charge is -2.30. The fourth-order valence-corrected chi connectivity index (χ4v) is 12.1. The van der Waals surface area contributed by atoms with Gasteiger partial charge in [0.05, 0.1) is 0 Å². The van der Waals surface area contributed by atoms with E-state index in [0.717, 1.165) is 44.3 Å². The van der Waals surface area contributed by atoms with Crippen LogP contribution >= 0.6 is 0 Å². The molecule has 1 fully saturated rings. The van der Waals surface area contributed by atoms with Gasteiger partial charge in [-0.1, -0.05) is 166 Å². The Bertz CT molecular complexity index is 3470. The van der Waals surface area contributed by atoms with Crippen LogP contribution in [0.15, 0.2) is 192 Å². The Morgan fingerprint density at radius 1 is 0.435 bits per heavy atom. The number of rotatable bonds is 5. The molecule has 3 aliphatic carbocycles. The van der Waals surface area contributed by atoms with Crippen LogP contribution in [0.4, 0.5) is 17.1 Å². The van der Waals surface area contributed by atoms with E-state index in [4.69, 9.17) is 4.42 Å². The molecule has 0 atom stereocenters. The summed E-state index contributed by atoms with van der Waals surface area (Å²) in [5.41, 5.74) is 21.3. The van der Waals surface area contributed by atoms with Gasteiger partial charge in [-0.2, -0.15) is 0 Å². The zero-order chi connectivity index (χ0) is 41.2. The minimum Gasteiger partial charge on any atom is -0.455 e. The standard InChI is InChI=1S/C60H45NO/c1-59(2)52-26-7-5-22-48(52)50-25-13-24-45(57(50)59)40-17-12-19-42(36-40)61(43-30-32-49-47-21-6-8-27-53(47)60(54(49)37-43)33-9-10-34-60)41-18-11-16-39(35-41)44-23-14-28-55-56(44)51-31-29-38-15-3-4-20-46(38)58(51)62-55/h3-8,11-32,35-37H,9-10,33-34H2,1-2H3. The van der Waals surface area contributed by atoms with Crippen LogP contribution in [-0.4, -0.2) is 0 Å². The van der Waals surface area contributed by atoms with Crippen molar-refractivity contribution in [3.63, 3.8) is 0 Å². The second kappa shape index (κ2) is 13.2. The first kappa shape index (κ1) is 35.6. The molecule has 62 heavy (non-hydrogen) atoms. The van der Waals surface area contributed by atoms with Crippen LogP contribution in [-0.2, 0) is 10.8 Å². The number of fused-ring (bicyclic) bond motifs is 13. The summed E-state index contributed by atoms with van der Waals surface area (Å²) in [6.07, 6.45) is 4.91. The molecule has 1 spiro atoms. The lowest BCUT2D eigenvalue weighted by Crippen LogP contribution is -2.21. The predicted molar refractivity (Wildman–Crippen MR) is 259 cm³/mol. The molecule has 0 saturated heterocycles. The van der Waals surface area contributed by atoms with E-state index < -0.39 is 0 Å². The summed E-state index contributed by atoms with van der Waals surface area (Å²) in [6.45, 7) is 4.77. The van der Waals surface area contributed by atoms with Gasteiger partial charge >= 0.3 is 0 Å². The Labute approximate surface area is 362 Å². The van der Waals surface area contributed by atoms with E-state index in [0.29, 0.717) is 0 Å². The predicted octanol–water partition coefficient (Wildman–Crippen LogP) is 16.7. The molecule has 10 aromatic rings. The lowest BCUT2D eigenvalue weighted by atomic mass is 9.76. The smallest absolute Gasteiger partial charge is 0.143 e. The first-order chi connectivity index (χ1) is 30.5. The molecule has 0 unspecified atom stereocenters. The van der Waals surface area contributed by atoms with Gasteiger partial charge < -0.3 is 9.32 Å². The second-order valence-corrected chi connectivity index (χ2v) is 18.3. The normalized spacial score (nSPS) is 15.3. The van der Waals surface area contributed by atoms with Gasteiger partial charge in [0.25, 0.3) is 0 Å². The molecule has 2 heteroatoms. The first-order valence-electron chi connectivity index (χ1n) is 22.3. The summed E-state index contributed by atoms with van der Waals surface area (Å²) in [7, 11) is 0. The molecule has 1 heterocycles. The minimum absolute atomic E-state index is 0.0602. The van der Waals surface area contributed by atoms with Gasteiger partial charge in [-0.15, -0.1) is 0 Å². The number of nitrogens with zero attached hydrogens (tertiary/aromatic N) is 1. The first-order valence-corrected chi connectivity index (χ1v) is 22.3. The van der Waals surface area contributed by atoms with Crippen molar-refractivity contribution in [2.45, 2.75) is 50.4 Å². The maximum Gasteiger partial charge on any atom is 0.143 e.